The molecule has 5 heteroatoms. The number of morpholine rings is 1. The number of likely N-dealkylation sites (tertiary alicyclic amines) is 1. The molecule has 1 N–H and O–H groups in total. The summed E-state index contributed by atoms with van der Waals surface area (Å²) in [5.74, 6) is 0.0555. The van der Waals surface area contributed by atoms with Gasteiger partial charge in [0.15, 0.2) is 0 Å². The van der Waals surface area contributed by atoms with Crippen LogP contribution in [0.25, 0.3) is 0 Å². The molecule has 1 atom stereocenters. The predicted molar refractivity (Wildman–Crippen MR) is 99.7 cm³/mol. The van der Waals surface area contributed by atoms with Crippen molar-refractivity contribution in [3.63, 3.8) is 0 Å². The topological polar surface area (TPSA) is 44.8 Å². The number of nitrogens with one attached hydrogen (secondary N) is 1. The summed E-state index contributed by atoms with van der Waals surface area (Å²) in [4.78, 5) is 17.7. The van der Waals surface area contributed by atoms with Gasteiger partial charge in [0.1, 0.15) is 0 Å². The molecule has 2 heterocycles. The summed E-state index contributed by atoms with van der Waals surface area (Å²) in [7, 11) is 0. The minimum Gasteiger partial charge on any atom is -0.379 e. The van der Waals surface area contributed by atoms with E-state index in [0.29, 0.717) is 0 Å². The fourth-order valence-electron chi connectivity index (χ4n) is 3.85. The lowest BCUT2D eigenvalue weighted by atomic mass is 9.87. The van der Waals surface area contributed by atoms with Gasteiger partial charge in [-0.05, 0) is 23.6 Å². The van der Waals surface area contributed by atoms with Crippen LogP contribution in [0.15, 0.2) is 24.3 Å². The Balaban J connectivity index is 1.69. The highest BCUT2D eigenvalue weighted by atomic mass is 16.5. The lowest BCUT2D eigenvalue weighted by Gasteiger charge is -2.28. The molecular formula is C20H31N3O2. The molecule has 2 aliphatic rings. The van der Waals surface area contributed by atoms with Gasteiger partial charge in [-0.2, -0.15) is 0 Å². The van der Waals surface area contributed by atoms with Crippen molar-refractivity contribution in [3.05, 3.63) is 35.4 Å². The Bertz CT molecular complexity index is 596. The van der Waals surface area contributed by atoms with Gasteiger partial charge in [-0.25, -0.2) is 0 Å². The third-order valence-electron chi connectivity index (χ3n) is 5.53. The van der Waals surface area contributed by atoms with Crippen molar-refractivity contribution in [3.8, 4) is 0 Å². The van der Waals surface area contributed by atoms with Gasteiger partial charge in [0.2, 0.25) is 0 Å². The molecule has 0 radical (unpaired) electrons. The summed E-state index contributed by atoms with van der Waals surface area (Å²) in [6, 6.07) is 8.19. The van der Waals surface area contributed by atoms with E-state index < -0.39 is 0 Å². The van der Waals surface area contributed by atoms with Gasteiger partial charge in [-0.15, -0.1) is 0 Å². The van der Waals surface area contributed by atoms with E-state index in [1.165, 1.54) is 0 Å². The van der Waals surface area contributed by atoms with Crippen molar-refractivity contribution in [2.45, 2.75) is 33.4 Å². The number of carbonyl (C=O) groups excluding carboxylic acids is 1. The fraction of sp³-hybridized carbons (Fsp3) is 0.650. The lowest BCUT2D eigenvalue weighted by Crippen LogP contribution is -2.44. The Hall–Kier alpha value is -1.43. The Labute approximate surface area is 151 Å². The number of nitrogens with zero attached hydrogens (tertiary/aromatic N) is 2. The molecule has 2 aliphatic heterocycles. The van der Waals surface area contributed by atoms with Crippen LogP contribution < -0.4 is 5.32 Å². The smallest absolute Gasteiger partial charge is 0.251 e. The fourth-order valence-corrected chi connectivity index (χ4v) is 3.85. The number of carbonyl (C=O) groups is 1. The zero-order chi connectivity index (χ0) is 17.9. The second-order valence-electron chi connectivity index (χ2n) is 7.89. The summed E-state index contributed by atoms with van der Waals surface area (Å²) in [5, 5.41) is 3.30. The highest BCUT2D eigenvalue weighted by Gasteiger charge is 2.39. The third kappa shape index (κ3) is 4.40. The van der Waals surface area contributed by atoms with Gasteiger partial charge in [0.05, 0.1) is 13.2 Å². The molecule has 25 heavy (non-hydrogen) atoms. The van der Waals surface area contributed by atoms with Crippen LogP contribution >= 0.6 is 0 Å². The Morgan fingerprint density at radius 1 is 1.24 bits per heavy atom. The number of benzene rings is 1. The van der Waals surface area contributed by atoms with E-state index in [-0.39, 0.29) is 17.4 Å². The first-order chi connectivity index (χ1) is 12.0. The van der Waals surface area contributed by atoms with E-state index in [4.69, 9.17) is 4.74 Å². The van der Waals surface area contributed by atoms with Crippen molar-refractivity contribution >= 4 is 5.91 Å². The quantitative estimate of drug-likeness (QED) is 0.886. The summed E-state index contributed by atoms with van der Waals surface area (Å²) >= 11 is 0. The van der Waals surface area contributed by atoms with Crippen LogP contribution in [0.2, 0.25) is 0 Å². The zero-order valence-electron chi connectivity index (χ0n) is 15.8. The monoisotopic (exact) mass is 345 g/mol. The van der Waals surface area contributed by atoms with Gasteiger partial charge < -0.3 is 15.0 Å². The second-order valence-corrected chi connectivity index (χ2v) is 7.89. The third-order valence-corrected chi connectivity index (χ3v) is 5.53. The van der Waals surface area contributed by atoms with Crippen molar-refractivity contribution in [1.29, 1.82) is 0 Å². The number of likely N-dealkylation sites (N-methyl/N-ethyl adjacent to an activating group) is 1. The SMILES string of the molecule is CCN1CC(NC(=O)c2ccccc2CN2CCOCC2)C(C)(C)C1. The summed E-state index contributed by atoms with van der Waals surface area (Å²) in [6.07, 6.45) is 0. The van der Waals surface area contributed by atoms with E-state index in [0.717, 1.165) is 63.6 Å². The number of ether oxygens (including phenoxy) is 1. The van der Waals surface area contributed by atoms with Crippen LogP contribution in [0.4, 0.5) is 0 Å². The molecule has 1 aromatic carbocycles. The van der Waals surface area contributed by atoms with Crippen LogP contribution in [0, 0.1) is 5.41 Å². The molecule has 2 saturated heterocycles. The van der Waals surface area contributed by atoms with E-state index in [1.54, 1.807) is 0 Å². The molecule has 0 spiro atoms. The molecule has 0 aliphatic carbocycles. The van der Waals surface area contributed by atoms with E-state index in [9.17, 15) is 4.79 Å². The van der Waals surface area contributed by atoms with Crippen molar-refractivity contribution in [1.82, 2.24) is 15.1 Å². The van der Waals surface area contributed by atoms with Gasteiger partial charge in [-0.3, -0.25) is 9.69 Å². The first-order valence-electron chi connectivity index (χ1n) is 9.41. The minimum absolute atomic E-state index is 0.0555. The second kappa shape index (κ2) is 7.85. The molecule has 1 amide bonds. The number of rotatable bonds is 5. The lowest BCUT2D eigenvalue weighted by molar-refractivity contribution is 0.0340. The van der Waals surface area contributed by atoms with Gasteiger partial charge in [0, 0.05) is 44.3 Å². The van der Waals surface area contributed by atoms with E-state index in [2.05, 4.69) is 42.0 Å². The maximum atomic E-state index is 13.0. The molecule has 1 unspecified atom stereocenters. The molecule has 0 saturated carbocycles. The van der Waals surface area contributed by atoms with Gasteiger partial charge in [0.25, 0.3) is 5.91 Å². The average molecular weight is 345 g/mol. The maximum Gasteiger partial charge on any atom is 0.251 e. The van der Waals surface area contributed by atoms with Crippen molar-refractivity contribution < 1.29 is 9.53 Å². The summed E-state index contributed by atoms with van der Waals surface area (Å²) in [6.45, 7) is 13.9. The first-order valence-corrected chi connectivity index (χ1v) is 9.41. The molecule has 2 fully saturated rings. The van der Waals surface area contributed by atoms with Gasteiger partial charge in [-0.1, -0.05) is 39.0 Å². The largest absolute Gasteiger partial charge is 0.379 e. The average Bonchev–Trinajstić information content (AvgIpc) is 2.90. The highest BCUT2D eigenvalue weighted by molar-refractivity contribution is 5.96. The molecule has 0 aromatic heterocycles. The van der Waals surface area contributed by atoms with E-state index >= 15 is 0 Å². The Kier molecular flexibility index (Phi) is 5.77. The van der Waals surface area contributed by atoms with Crippen LogP contribution in [-0.2, 0) is 11.3 Å². The first kappa shape index (κ1) is 18.4. The predicted octanol–water partition coefficient (Wildman–Crippen LogP) is 1.98. The van der Waals surface area contributed by atoms with Gasteiger partial charge >= 0.3 is 0 Å². The standard InChI is InChI=1S/C20H31N3O2/c1-4-22-14-18(20(2,3)15-22)21-19(24)17-8-6-5-7-16(17)13-23-9-11-25-12-10-23/h5-8,18H,4,9-15H2,1-3H3,(H,21,24). The zero-order valence-corrected chi connectivity index (χ0v) is 15.8. The molecule has 1 aromatic rings. The van der Waals surface area contributed by atoms with Crippen LogP contribution in [0.5, 0.6) is 0 Å². The molecule has 5 nitrogen and oxygen atoms in total. The number of hydrogen-bond donors (Lipinski definition) is 1. The number of hydrogen-bond acceptors (Lipinski definition) is 4. The Morgan fingerprint density at radius 3 is 2.64 bits per heavy atom. The molecule has 3 rings (SSSR count). The maximum absolute atomic E-state index is 13.0. The highest BCUT2D eigenvalue weighted by Crippen LogP contribution is 2.29. The minimum atomic E-state index is 0.0555. The molecule has 0 bridgehead atoms. The van der Waals surface area contributed by atoms with Crippen molar-refractivity contribution in [2.75, 3.05) is 45.9 Å². The van der Waals surface area contributed by atoms with Crippen molar-refractivity contribution in [2.24, 2.45) is 5.41 Å². The van der Waals surface area contributed by atoms with E-state index in [1.807, 2.05) is 18.2 Å². The normalized spacial score (nSPS) is 24.4. The molecule has 138 valence electrons. The van der Waals surface area contributed by atoms with Crippen LogP contribution in [0.3, 0.4) is 0 Å². The summed E-state index contributed by atoms with van der Waals surface area (Å²) in [5.41, 5.74) is 2.01. The summed E-state index contributed by atoms with van der Waals surface area (Å²) < 4.78 is 5.42. The molecular weight excluding hydrogens is 314 g/mol. The van der Waals surface area contributed by atoms with Crippen LogP contribution in [-0.4, -0.2) is 67.7 Å². The Morgan fingerprint density at radius 2 is 1.96 bits per heavy atom. The van der Waals surface area contributed by atoms with Crippen LogP contribution in [0.1, 0.15) is 36.7 Å². The number of amides is 1.